The summed E-state index contributed by atoms with van der Waals surface area (Å²) in [4.78, 5) is 0. The van der Waals surface area contributed by atoms with Crippen LogP contribution >= 0.6 is 22.7 Å². The number of rotatable bonds is 7. The van der Waals surface area contributed by atoms with Crippen molar-refractivity contribution in [1.29, 1.82) is 0 Å². The van der Waals surface area contributed by atoms with Gasteiger partial charge in [0.25, 0.3) is 0 Å². The number of alkyl halides is 1. The molecule has 0 aromatic carbocycles. The number of hydrogen-bond acceptors (Lipinski definition) is 0. The minimum Gasteiger partial charge on any atom is -0.168 e. The largest absolute Gasteiger partial charge is 0.168 e. The molecular weight excluding hydrogens is 327 g/mol. The molecule has 0 atom stereocenters. The lowest BCUT2D eigenvalue weighted by molar-refractivity contribution is 1.41. The lowest BCUT2D eigenvalue weighted by Gasteiger charge is -2.38. The van der Waals surface area contributed by atoms with Crippen LogP contribution in [0.5, 0.6) is 0 Å². The van der Waals surface area contributed by atoms with E-state index < -0.39 is 31.6 Å². The zero-order valence-electron chi connectivity index (χ0n) is 13.6. The standard InChI is InChI=1S/C12H32Cl2Si4/c1-15(2,9-13)10-16(3,4)11-17(5,6)12-18(7,8)14/h9-12H2,1-8H3. The van der Waals surface area contributed by atoms with Crippen LogP contribution in [-0.2, 0) is 0 Å². The predicted octanol–water partition coefficient (Wildman–Crippen LogP) is 5.95. The number of halogens is 2. The van der Waals surface area contributed by atoms with Crippen molar-refractivity contribution in [2.24, 2.45) is 0 Å². The summed E-state index contributed by atoms with van der Waals surface area (Å²) in [6.07, 6.45) is 0. The van der Waals surface area contributed by atoms with E-state index in [9.17, 15) is 0 Å². The summed E-state index contributed by atoms with van der Waals surface area (Å²) in [5.41, 5.74) is 5.28. The molecule has 0 heterocycles. The van der Waals surface area contributed by atoms with Crippen molar-refractivity contribution in [3.05, 3.63) is 0 Å². The van der Waals surface area contributed by atoms with Crippen molar-refractivity contribution in [2.75, 3.05) is 5.50 Å². The molecule has 6 heteroatoms. The van der Waals surface area contributed by atoms with E-state index in [0.717, 1.165) is 5.50 Å². The zero-order valence-corrected chi connectivity index (χ0v) is 19.1. The van der Waals surface area contributed by atoms with E-state index in [1.165, 1.54) is 17.0 Å². The van der Waals surface area contributed by atoms with Gasteiger partial charge in [0.1, 0.15) is 7.38 Å². The summed E-state index contributed by atoms with van der Waals surface area (Å²) in [5.74, 6) is 0. The minimum absolute atomic E-state index is 0.918. The average Bonchev–Trinajstić information content (AvgIpc) is 1.93. The highest BCUT2D eigenvalue weighted by Gasteiger charge is 2.39. The van der Waals surface area contributed by atoms with Crippen LogP contribution in [0.4, 0.5) is 0 Å². The molecule has 0 aliphatic carbocycles. The Morgan fingerprint density at radius 1 is 0.611 bits per heavy atom. The Balaban J connectivity index is 4.66. The first kappa shape index (κ1) is 19.4. The van der Waals surface area contributed by atoms with E-state index in [1.54, 1.807) is 0 Å². The zero-order chi connectivity index (χ0) is 14.8. The second-order valence-corrected chi connectivity index (χ2v) is 33.7. The van der Waals surface area contributed by atoms with Crippen LogP contribution in [0.15, 0.2) is 0 Å². The maximum Gasteiger partial charge on any atom is 0.147 e. The molecule has 0 N–H and O–H groups in total. The van der Waals surface area contributed by atoms with Crippen LogP contribution in [-0.4, -0.2) is 37.1 Å². The maximum absolute atomic E-state index is 6.58. The highest BCUT2D eigenvalue weighted by Crippen LogP contribution is 2.33. The van der Waals surface area contributed by atoms with Gasteiger partial charge >= 0.3 is 0 Å². The smallest absolute Gasteiger partial charge is 0.147 e. The normalized spacial score (nSPS) is 15.0. The molecule has 0 radical (unpaired) electrons. The molecule has 0 aliphatic heterocycles. The van der Waals surface area contributed by atoms with Gasteiger partial charge in [0, 0.05) is 21.7 Å². The van der Waals surface area contributed by atoms with Crippen LogP contribution in [0.1, 0.15) is 0 Å². The lowest BCUT2D eigenvalue weighted by atomic mass is 11.7. The Hall–Kier alpha value is 1.45. The first-order chi connectivity index (χ1) is 7.68. The minimum atomic E-state index is -1.42. The van der Waals surface area contributed by atoms with Gasteiger partial charge in [-0.25, -0.2) is 0 Å². The topological polar surface area (TPSA) is 0 Å². The molecule has 0 saturated carbocycles. The molecule has 0 bridgehead atoms. The van der Waals surface area contributed by atoms with E-state index in [-0.39, 0.29) is 0 Å². The molecule has 0 saturated heterocycles. The molecule has 0 aliphatic rings. The second-order valence-electron chi connectivity index (χ2n) is 8.88. The summed E-state index contributed by atoms with van der Waals surface area (Å²) < 4.78 is 0. The first-order valence-electron chi connectivity index (χ1n) is 6.93. The summed E-state index contributed by atoms with van der Waals surface area (Å²) in [7, 11) is -4.77. The van der Waals surface area contributed by atoms with E-state index >= 15 is 0 Å². The molecule has 0 aromatic rings. The van der Waals surface area contributed by atoms with Crippen molar-refractivity contribution >= 4 is 54.3 Å². The van der Waals surface area contributed by atoms with Gasteiger partial charge < -0.3 is 0 Å². The van der Waals surface area contributed by atoms with Crippen molar-refractivity contribution in [3.8, 4) is 0 Å². The van der Waals surface area contributed by atoms with Crippen LogP contribution in [0.3, 0.4) is 0 Å². The van der Waals surface area contributed by atoms with Gasteiger partial charge in [-0.3, -0.25) is 0 Å². The average molecular weight is 360 g/mol. The molecule has 110 valence electrons. The fourth-order valence-corrected chi connectivity index (χ4v) is 41.5. The fraction of sp³-hybridized carbons (Fsp3) is 1.00. The quantitative estimate of drug-likeness (QED) is 0.299. The van der Waals surface area contributed by atoms with Gasteiger partial charge in [-0.05, 0) is 5.67 Å². The van der Waals surface area contributed by atoms with E-state index in [2.05, 4.69) is 52.4 Å². The summed E-state index contributed by atoms with van der Waals surface area (Å²) in [6.45, 7) is 19.7. The highest BCUT2D eigenvalue weighted by atomic mass is 35.6. The molecule has 0 aromatic heterocycles. The summed E-state index contributed by atoms with van der Waals surface area (Å²) in [6, 6.07) is 0. The Morgan fingerprint density at radius 2 is 0.944 bits per heavy atom. The Kier molecular flexibility index (Phi) is 7.00. The third kappa shape index (κ3) is 9.37. The third-order valence-electron chi connectivity index (χ3n) is 3.17. The van der Waals surface area contributed by atoms with Crippen molar-refractivity contribution in [1.82, 2.24) is 0 Å². The van der Waals surface area contributed by atoms with Gasteiger partial charge in [0.05, 0.1) is 8.07 Å². The monoisotopic (exact) mass is 358 g/mol. The van der Waals surface area contributed by atoms with E-state index in [1.807, 2.05) is 0 Å². The van der Waals surface area contributed by atoms with Crippen molar-refractivity contribution in [2.45, 2.75) is 69.4 Å². The second kappa shape index (κ2) is 6.48. The molecule has 0 nitrogen and oxygen atoms in total. The Morgan fingerprint density at radius 3 is 1.28 bits per heavy atom. The van der Waals surface area contributed by atoms with Gasteiger partial charge in [-0.2, -0.15) is 11.1 Å². The Labute approximate surface area is 129 Å². The van der Waals surface area contributed by atoms with E-state index in [0.29, 0.717) is 0 Å². The fourth-order valence-electron chi connectivity index (χ4n) is 3.90. The van der Waals surface area contributed by atoms with Gasteiger partial charge in [-0.1, -0.05) is 63.7 Å². The SMILES string of the molecule is C[Si](C)(Cl)C[Si](C)(C)C[Si](C)(C)C[Si](C)(C)CCl. The molecule has 0 spiro atoms. The van der Waals surface area contributed by atoms with Crippen molar-refractivity contribution < 1.29 is 0 Å². The van der Waals surface area contributed by atoms with E-state index in [4.69, 9.17) is 22.7 Å². The van der Waals surface area contributed by atoms with Gasteiger partial charge in [-0.15, -0.1) is 11.6 Å². The summed E-state index contributed by atoms with van der Waals surface area (Å²) in [5, 5.41) is 0. The maximum atomic E-state index is 6.58. The Bertz CT molecular complexity index is 270. The molecule has 0 amide bonds. The van der Waals surface area contributed by atoms with Crippen LogP contribution < -0.4 is 0 Å². The molecule has 0 fully saturated rings. The lowest BCUT2D eigenvalue weighted by Crippen LogP contribution is -2.48. The highest BCUT2D eigenvalue weighted by molar-refractivity contribution is 7.24. The number of hydrogen-bond donors (Lipinski definition) is 0. The first-order valence-corrected chi connectivity index (χ1v) is 21.9. The molecule has 0 unspecified atom stereocenters. The molecular formula is C12H32Cl2Si4. The molecule has 18 heavy (non-hydrogen) atoms. The van der Waals surface area contributed by atoms with Crippen LogP contribution in [0, 0.1) is 0 Å². The van der Waals surface area contributed by atoms with Crippen LogP contribution in [0.2, 0.25) is 69.4 Å². The molecule has 0 rings (SSSR count). The van der Waals surface area contributed by atoms with Gasteiger partial charge in [0.2, 0.25) is 0 Å². The third-order valence-corrected chi connectivity index (χ3v) is 29.8. The van der Waals surface area contributed by atoms with Crippen LogP contribution in [0.25, 0.3) is 0 Å². The predicted molar refractivity (Wildman–Crippen MR) is 101 cm³/mol. The van der Waals surface area contributed by atoms with Gasteiger partial charge in [0.15, 0.2) is 0 Å². The van der Waals surface area contributed by atoms with Crippen molar-refractivity contribution in [3.63, 3.8) is 0 Å². The summed E-state index contributed by atoms with van der Waals surface area (Å²) >= 11 is 12.7.